The summed E-state index contributed by atoms with van der Waals surface area (Å²) >= 11 is 0. The lowest BCUT2D eigenvalue weighted by atomic mass is 10.1. The first-order valence-corrected chi connectivity index (χ1v) is 5.44. The molecule has 0 aromatic heterocycles. The molecule has 0 aliphatic rings. The van der Waals surface area contributed by atoms with Crippen molar-refractivity contribution < 1.29 is 19.5 Å². The zero-order chi connectivity index (χ0) is 12.7. The summed E-state index contributed by atoms with van der Waals surface area (Å²) < 4.78 is 10.6. The van der Waals surface area contributed by atoms with Gasteiger partial charge < -0.3 is 9.47 Å². The Labute approximate surface area is 100 Å². The smallest absolute Gasteiger partial charge is 0.243 e. The Morgan fingerprint density at radius 2 is 2.18 bits per heavy atom. The van der Waals surface area contributed by atoms with Crippen molar-refractivity contribution in [3.05, 3.63) is 23.8 Å². The van der Waals surface area contributed by atoms with Gasteiger partial charge in [-0.2, -0.15) is 0 Å². The highest BCUT2D eigenvalue weighted by molar-refractivity contribution is 5.74. The molecule has 0 radical (unpaired) electrons. The SMILES string of the molecule is CCOc1cc(CCC(=O)NO)ccc1OC. The predicted octanol–water partition coefficient (Wildman–Crippen LogP) is 1.53. The minimum atomic E-state index is -0.404. The summed E-state index contributed by atoms with van der Waals surface area (Å²) in [4.78, 5) is 10.9. The molecule has 1 aromatic carbocycles. The Kier molecular flexibility index (Phi) is 5.29. The Bertz CT molecular complexity index is 379. The molecule has 0 atom stereocenters. The number of hydroxylamine groups is 1. The summed E-state index contributed by atoms with van der Waals surface area (Å²) in [6, 6.07) is 5.51. The second-order valence-corrected chi connectivity index (χ2v) is 3.45. The first-order valence-electron chi connectivity index (χ1n) is 5.44. The number of carbonyl (C=O) groups is 1. The van der Waals surface area contributed by atoms with E-state index in [1.54, 1.807) is 18.7 Å². The van der Waals surface area contributed by atoms with E-state index in [1.165, 1.54) is 0 Å². The molecular formula is C12H17NO4. The van der Waals surface area contributed by atoms with Gasteiger partial charge in [-0.05, 0) is 31.0 Å². The average molecular weight is 239 g/mol. The van der Waals surface area contributed by atoms with Gasteiger partial charge in [0.1, 0.15) is 0 Å². The van der Waals surface area contributed by atoms with Crippen LogP contribution in [0.2, 0.25) is 0 Å². The van der Waals surface area contributed by atoms with Crippen molar-refractivity contribution in [1.29, 1.82) is 0 Å². The van der Waals surface area contributed by atoms with Crippen molar-refractivity contribution in [3.63, 3.8) is 0 Å². The third-order valence-corrected chi connectivity index (χ3v) is 2.29. The van der Waals surface area contributed by atoms with Crippen LogP contribution in [-0.2, 0) is 11.2 Å². The van der Waals surface area contributed by atoms with Crippen molar-refractivity contribution in [2.75, 3.05) is 13.7 Å². The van der Waals surface area contributed by atoms with E-state index in [2.05, 4.69) is 0 Å². The van der Waals surface area contributed by atoms with E-state index in [0.717, 1.165) is 5.56 Å². The molecule has 0 unspecified atom stereocenters. The number of rotatable bonds is 6. The first kappa shape index (κ1) is 13.3. The maximum atomic E-state index is 10.9. The van der Waals surface area contributed by atoms with Crippen molar-refractivity contribution in [3.8, 4) is 11.5 Å². The van der Waals surface area contributed by atoms with E-state index in [0.29, 0.717) is 24.5 Å². The van der Waals surface area contributed by atoms with Crippen LogP contribution in [0, 0.1) is 0 Å². The van der Waals surface area contributed by atoms with E-state index in [1.807, 2.05) is 19.1 Å². The fourth-order valence-corrected chi connectivity index (χ4v) is 1.46. The van der Waals surface area contributed by atoms with Gasteiger partial charge in [-0.1, -0.05) is 6.07 Å². The maximum absolute atomic E-state index is 10.9. The van der Waals surface area contributed by atoms with Crippen molar-refractivity contribution >= 4 is 5.91 Å². The Hall–Kier alpha value is -1.75. The molecule has 1 amide bonds. The van der Waals surface area contributed by atoms with Gasteiger partial charge >= 0.3 is 0 Å². The third kappa shape index (κ3) is 3.96. The van der Waals surface area contributed by atoms with Gasteiger partial charge in [-0.3, -0.25) is 10.0 Å². The number of amides is 1. The minimum Gasteiger partial charge on any atom is -0.493 e. The van der Waals surface area contributed by atoms with Crippen LogP contribution < -0.4 is 15.0 Å². The Morgan fingerprint density at radius 1 is 1.41 bits per heavy atom. The number of aryl methyl sites for hydroxylation is 1. The van der Waals surface area contributed by atoms with Gasteiger partial charge in [-0.25, -0.2) is 5.48 Å². The van der Waals surface area contributed by atoms with Gasteiger partial charge in [-0.15, -0.1) is 0 Å². The van der Waals surface area contributed by atoms with Crippen LogP contribution in [0.1, 0.15) is 18.9 Å². The molecule has 0 spiro atoms. The lowest BCUT2D eigenvalue weighted by Gasteiger charge is -2.10. The van der Waals surface area contributed by atoms with Crippen LogP contribution in [0.3, 0.4) is 0 Å². The highest BCUT2D eigenvalue weighted by Gasteiger charge is 2.06. The normalized spacial score (nSPS) is 9.82. The Morgan fingerprint density at radius 3 is 2.76 bits per heavy atom. The molecule has 0 heterocycles. The first-order chi connectivity index (χ1) is 8.21. The van der Waals surface area contributed by atoms with Crippen molar-refractivity contribution in [2.24, 2.45) is 0 Å². The van der Waals surface area contributed by atoms with E-state index >= 15 is 0 Å². The van der Waals surface area contributed by atoms with Crippen LogP contribution in [-0.4, -0.2) is 24.8 Å². The zero-order valence-corrected chi connectivity index (χ0v) is 10.0. The standard InChI is InChI=1S/C12H17NO4/c1-3-17-11-8-9(4-6-10(11)16-2)5-7-12(14)13-15/h4,6,8,15H,3,5,7H2,1-2H3,(H,13,14). The summed E-state index contributed by atoms with van der Waals surface area (Å²) in [5.41, 5.74) is 2.56. The summed E-state index contributed by atoms with van der Waals surface area (Å²) in [6.07, 6.45) is 0.769. The molecule has 17 heavy (non-hydrogen) atoms. The van der Waals surface area contributed by atoms with Gasteiger partial charge in [0.2, 0.25) is 5.91 Å². The largest absolute Gasteiger partial charge is 0.493 e. The molecule has 1 aromatic rings. The van der Waals surface area contributed by atoms with Crippen LogP contribution in [0.4, 0.5) is 0 Å². The molecular weight excluding hydrogens is 222 g/mol. The lowest BCUT2D eigenvalue weighted by Crippen LogP contribution is -2.18. The second kappa shape index (κ2) is 6.75. The molecule has 0 saturated heterocycles. The number of hydrogen-bond acceptors (Lipinski definition) is 4. The molecule has 0 fully saturated rings. The predicted molar refractivity (Wildman–Crippen MR) is 62.4 cm³/mol. The fraction of sp³-hybridized carbons (Fsp3) is 0.417. The highest BCUT2D eigenvalue weighted by atomic mass is 16.5. The summed E-state index contributed by atoms with van der Waals surface area (Å²) in [5, 5.41) is 8.39. The lowest BCUT2D eigenvalue weighted by molar-refractivity contribution is -0.129. The molecule has 94 valence electrons. The molecule has 0 aliphatic carbocycles. The minimum absolute atomic E-state index is 0.231. The summed E-state index contributed by atoms with van der Waals surface area (Å²) in [7, 11) is 1.58. The average Bonchev–Trinajstić information content (AvgIpc) is 2.36. The van der Waals surface area contributed by atoms with E-state index in [4.69, 9.17) is 14.7 Å². The topological polar surface area (TPSA) is 67.8 Å². The number of nitrogens with one attached hydrogen (secondary N) is 1. The quantitative estimate of drug-likeness (QED) is 0.583. The van der Waals surface area contributed by atoms with Crippen LogP contribution in [0.5, 0.6) is 11.5 Å². The molecule has 5 heteroatoms. The molecule has 1 rings (SSSR count). The molecule has 0 aliphatic heterocycles. The zero-order valence-electron chi connectivity index (χ0n) is 10.0. The number of hydrogen-bond donors (Lipinski definition) is 2. The number of methoxy groups -OCH3 is 1. The summed E-state index contributed by atoms with van der Waals surface area (Å²) in [6.45, 7) is 2.45. The van der Waals surface area contributed by atoms with Crippen LogP contribution >= 0.6 is 0 Å². The van der Waals surface area contributed by atoms with E-state index in [9.17, 15) is 4.79 Å². The fourth-order valence-electron chi connectivity index (χ4n) is 1.46. The molecule has 0 saturated carbocycles. The molecule has 2 N–H and O–H groups in total. The van der Waals surface area contributed by atoms with Crippen molar-refractivity contribution in [1.82, 2.24) is 5.48 Å². The van der Waals surface area contributed by atoms with Gasteiger partial charge in [0.25, 0.3) is 0 Å². The summed E-state index contributed by atoms with van der Waals surface area (Å²) in [5.74, 6) is 0.929. The monoisotopic (exact) mass is 239 g/mol. The third-order valence-electron chi connectivity index (χ3n) is 2.29. The van der Waals surface area contributed by atoms with Crippen LogP contribution in [0.15, 0.2) is 18.2 Å². The number of ether oxygens (including phenoxy) is 2. The molecule has 5 nitrogen and oxygen atoms in total. The van der Waals surface area contributed by atoms with E-state index < -0.39 is 5.91 Å². The van der Waals surface area contributed by atoms with Gasteiger partial charge in [0, 0.05) is 6.42 Å². The number of carbonyl (C=O) groups excluding carboxylic acids is 1. The van der Waals surface area contributed by atoms with Crippen molar-refractivity contribution in [2.45, 2.75) is 19.8 Å². The Balaban J connectivity index is 2.73. The van der Waals surface area contributed by atoms with Crippen LogP contribution in [0.25, 0.3) is 0 Å². The molecule has 0 bridgehead atoms. The second-order valence-electron chi connectivity index (χ2n) is 3.45. The maximum Gasteiger partial charge on any atom is 0.243 e. The van der Waals surface area contributed by atoms with Gasteiger partial charge in [0.05, 0.1) is 13.7 Å². The highest BCUT2D eigenvalue weighted by Crippen LogP contribution is 2.28. The number of benzene rings is 1. The van der Waals surface area contributed by atoms with E-state index in [-0.39, 0.29) is 6.42 Å². The van der Waals surface area contributed by atoms with Gasteiger partial charge in [0.15, 0.2) is 11.5 Å².